The number of phenols is 1. The van der Waals surface area contributed by atoms with Crippen molar-refractivity contribution in [2.75, 3.05) is 12.0 Å². The summed E-state index contributed by atoms with van der Waals surface area (Å²) >= 11 is 5.83. The van der Waals surface area contributed by atoms with Crippen molar-refractivity contribution in [3.63, 3.8) is 0 Å². The predicted molar refractivity (Wildman–Crippen MR) is 88.6 cm³/mol. The van der Waals surface area contributed by atoms with E-state index in [4.69, 9.17) is 16.3 Å². The molecule has 0 fully saturated rings. The molecule has 2 rings (SSSR count). The molecule has 0 bridgehead atoms. The van der Waals surface area contributed by atoms with Crippen LogP contribution in [-0.2, 0) is 0 Å². The van der Waals surface area contributed by atoms with E-state index in [1.165, 1.54) is 30.5 Å². The molecule has 8 heteroatoms. The highest BCUT2D eigenvalue weighted by atomic mass is 35.5. The zero-order chi connectivity index (χ0) is 16.8. The van der Waals surface area contributed by atoms with E-state index in [0.717, 1.165) is 0 Å². The van der Waals surface area contributed by atoms with Crippen LogP contribution >= 0.6 is 11.6 Å². The van der Waals surface area contributed by atoms with Gasteiger partial charge in [-0.2, -0.15) is 5.10 Å². The van der Waals surface area contributed by atoms with E-state index < -0.39 is 4.92 Å². The van der Waals surface area contributed by atoms with Gasteiger partial charge in [0.05, 0.1) is 17.7 Å². The maximum Gasteiger partial charge on any atom is 0.294 e. The summed E-state index contributed by atoms with van der Waals surface area (Å²) < 4.78 is 5.27. The van der Waals surface area contributed by atoms with E-state index >= 15 is 0 Å². The minimum absolute atomic E-state index is 0.0300. The first-order valence-electron chi connectivity index (χ1n) is 6.70. The average Bonchev–Trinajstić information content (AvgIpc) is 2.50. The Kier molecular flexibility index (Phi) is 5.37. The number of ether oxygens (including phenoxy) is 1. The number of anilines is 1. The van der Waals surface area contributed by atoms with Crippen LogP contribution in [0.2, 0.25) is 5.02 Å². The summed E-state index contributed by atoms with van der Waals surface area (Å²) in [6, 6.07) is 8.87. The molecule has 2 aromatic carbocycles. The molecule has 2 aromatic rings. The van der Waals surface area contributed by atoms with Crippen LogP contribution in [0, 0.1) is 10.1 Å². The maximum absolute atomic E-state index is 10.9. The van der Waals surface area contributed by atoms with Crippen molar-refractivity contribution in [1.29, 1.82) is 0 Å². The van der Waals surface area contributed by atoms with Crippen LogP contribution in [-0.4, -0.2) is 22.9 Å². The lowest BCUT2D eigenvalue weighted by molar-refractivity contribution is -0.384. The highest BCUT2D eigenvalue weighted by molar-refractivity contribution is 6.31. The number of hydrogen-bond donors (Lipinski definition) is 2. The second kappa shape index (κ2) is 7.46. The minimum Gasteiger partial charge on any atom is -0.504 e. The summed E-state index contributed by atoms with van der Waals surface area (Å²) in [7, 11) is 0. The molecule has 0 aromatic heterocycles. The normalized spacial score (nSPS) is 10.7. The van der Waals surface area contributed by atoms with E-state index in [-0.39, 0.29) is 17.1 Å². The first-order valence-corrected chi connectivity index (χ1v) is 7.08. The second-order valence-electron chi connectivity index (χ2n) is 4.45. The number of nitrogens with zero attached hydrogens (tertiary/aromatic N) is 2. The van der Waals surface area contributed by atoms with Gasteiger partial charge in [-0.1, -0.05) is 11.6 Å². The fraction of sp³-hybridized carbons (Fsp3) is 0.133. The van der Waals surface area contributed by atoms with Gasteiger partial charge in [0.15, 0.2) is 11.5 Å². The molecule has 7 nitrogen and oxygen atoms in total. The van der Waals surface area contributed by atoms with Gasteiger partial charge in [-0.15, -0.1) is 0 Å². The quantitative estimate of drug-likeness (QED) is 0.475. The summed E-state index contributed by atoms with van der Waals surface area (Å²) in [4.78, 5) is 10.4. The van der Waals surface area contributed by atoms with Crippen LogP contribution < -0.4 is 10.2 Å². The predicted octanol–water partition coefficient (Wildman–Crippen LogP) is 3.80. The minimum atomic E-state index is -0.526. The first kappa shape index (κ1) is 16.6. The molecule has 0 heterocycles. The summed E-state index contributed by atoms with van der Waals surface area (Å²) in [5.74, 6) is 0.368. The van der Waals surface area contributed by atoms with Gasteiger partial charge >= 0.3 is 0 Å². The van der Waals surface area contributed by atoms with Gasteiger partial charge in [-0.05, 0) is 42.8 Å². The van der Waals surface area contributed by atoms with Crippen LogP contribution in [0.3, 0.4) is 0 Å². The van der Waals surface area contributed by atoms with Crippen molar-refractivity contribution in [2.24, 2.45) is 5.10 Å². The smallest absolute Gasteiger partial charge is 0.294 e. The molecule has 0 radical (unpaired) electrons. The molecule has 120 valence electrons. The monoisotopic (exact) mass is 335 g/mol. The topological polar surface area (TPSA) is 97.0 Å². The highest BCUT2D eigenvalue weighted by Gasteiger charge is 2.13. The average molecular weight is 336 g/mol. The number of phenolic OH excluding ortho intramolecular Hbond substituents is 1. The standard InChI is InChI=1S/C15H14ClN3O4/c1-2-23-15-7-10(3-6-14(15)20)9-17-18-12-8-11(16)4-5-13(12)19(21)22/h3-9,18,20H,2H2,1H3/b17-9+. The van der Waals surface area contributed by atoms with Gasteiger partial charge in [0, 0.05) is 11.1 Å². The molecule has 0 atom stereocenters. The van der Waals surface area contributed by atoms with E-state index in [0.29, 0.717) is 22.9 Å². The number of rotatable bonds is 6. The molecule has 0 aliphatic carbocycles. The zero-order valence-corrected chi connectivity index (χ0v) is 12.9. The Balaban J connectivity index is 2.18. The Morgan fingerprint density at radius 1 is 1.39 bits per heavy atom. The maximum atomic E-state index is 10.9. The van der Waals surface area contributed by atoms with Crippen molar-refractivity contribution in [2.45, 2.75) is 6.92 Å². The molecular formula is C15H14ClN3O4. The fourth-order valence-electron chi connectivity index (χ4n) is 1.82. The first-order chi connectivity index (χ1) is 11.0. The number of nitro groups is 1. The van der Waals surface area contributed by atoms with E-state index in [1.54, 1.807) is 19.1 Å². The third-order valence-electron chi connectivity index (χ3n) is 2.84. The highest BCUT2D eigenvalue weighted by Crippen LogP contribution is 2.28. The summed E-state index contributed by atoms with van der Waals surface area (Å²) in [6.45, 7) is 2.22. The Labute approximate surface area is 137 Å². The van der Waals surface area contributed by atoms with Gasteiger partial charge in [0.2, 0.25) is 0 Å². The molecule has 0 amide bonds. The van der Waals surface area contributed by atoms with Crippen molar-refractivity contribution in [3.8, 4) is 11.5 Å². The lowest BCUT2D eigenvalue weighted by Gasteiger charge is -2.06. The van der Waals surface area contributed by atoms with Crippen molar-refractivity contribution < 1.29 is 14.8 Å². The molecule has 0 spiro atoms. The summed E-state index contributed by atoms with van der Waals surface area (Å²) in [5.41, 5.74) is 3.30. The molecule has 0 aliphatic rings. The number of hydrazone groups is 1. The number of benzene rings is 2. The molecular weight excluding hydrogens is 322 g/mol. The zero-order valence-electron chi connectivity index (χ0n) is 12.2. The van der Waals surface area contributed by atoms with Crippen molar-refractivity contribution in [3.05, 3.63) is 57.1 Å². The Morgan fingerprint density at radius 2 is 2.17 bits per heavy atom. The lowest BCUT2D eigenvalue weighted by atomic mass is 10.2. The molecule has 0 unspecified atom stereocenters. The summed E-state index contributed by atoms with van der Waals surface area (Å²) in [5, 5.41) is 24.9. The van der Waals surface area contributed by atoms with Gasteiger partial charge in [-0.25, -0.2) is 0 Å². The van der Waals surface area contributed by atoms with Crippen LogP contribution in [0.15, 0.2) is 41.5 Å². The van der Waals surface area contributed by atoms with Gasteiger partial charge in [0.25, 0.3) is 5.69 Å². The fourth-order valence-corrected chi connectivity index (χ4v) is 1.99. The number of hydrogen-bond acceptors (Lipinski definition) is 6. The molecule has 23 heavy (non-hydrogen) atoms. The number of nitro benzene ring substituents is 1. The third-order valence-corrected chi connectivity index (χ3v) is 3.07. The van der Waals surface area contributed by atoms with Crippen molar-refractivity contribution in [1.82, 2.24) is 0 Å². The van der Waals surface area contributed by atoms with Gasteiger partial charge in [-0.3, -0.25) is 15.5 Å². The molecule has 0 saturated heterocycles. The van der Waals surface area contributed by atoms with Crippen LogP contribution in [0.25, 0.3) is 0 Å². The van der Waals surface area contributed by atoms with Gasteiger partial charge in [0.1, 0.15) is 5.69 Å². The van der Waals surface area contributed by atoms with Crippen LogP contribution in [0.5, 0.6) is 11.5 Å². The molecule has 2 N–H and O–H groups in total. The number of nitrogens with one attached hydrogen (secondary N) is 1. The summed E-state index contributed by atoms with van der Waals surface area (Å²) in [6.07, 6.45) is 1.45. The SMILES string of the molecule is CCOc1cc(/C=N/Nc2cc(Cl)ccc2[N+](=O)[O-])ccc1O. The largest absolute Gasteiger partial charge is 0.504 e. The van der Waals surface area contributed by atoms with E-state index in [2.05, 4.69) is 10.5 Å². The van der Waals surface area contributed by atoms with Gasteiger partial charge < -0.3 is 9.84 Å². The molecule has 0 aliphatic heterocycles. The molecule has 0 saturated carbocycles. The number of halogens is 1. The Bertz CT molecular complexity index is 749. The van der Waals surface area contributed by atoms with Crippen molar-refractivity contribution >= 4 is 29.2 Å². The van der Waals surface area contributed by atoms with Crippen LogP contribution in [0.4, 0.5) is 11.4 Å². The van der Waals surface area contributed by atoms with E-state index in [1.807, 2.05) is 0 Å². The van der Waals surface area contributed by atoms with Crippen LogP contribution in [0.1, 0.15) is 12.5 Å². The van der Waals surface area contributed by atoms with E-state index in [9.17, 15) is 15.2 Å². The Morgan fingerprint density at radius 3 is 2.87 bits per heavy atom. The third kappa shape index (κ3) is 4.33. The second-order valence-corrected chi connectivity index (χ2v) is 4.89. The number of aromatic hydroxyl groups is 1. The lowest BCUT2D eigenvalue weighted by Crippen LogP contribution is -1.97. The Hall–Kier alpha value is -2.80.